The van der Waals surface area contributed by atoms with Crippen molar-refractivity contribution in [1.29, 1.82) is 0 Å². The van der Waals surface area contributed by atoms with Crippen molar-refractivity contribution < 1.29 is 13.2 Å². The van der Waals surface area contributed by atoms with E-state index in [2.05, 4.69) is 15.2 Å². The van der Waals surface area contributed by atoms with Gasteiger partial charge in [-0.1, -0.05) is 12.1 Å². The second-order valence-corrected chi connectivity index (χ2v) is 8.65. The summed E-state index contributed by atoms with van der Waals surface area (Å²) < 4.78 is 23.0. The lowest BCUT2D eigenvalue weighted by Gasteiger charge is -2.17. The molecule has 0 aliphatic carbocycles. The Morgan fingerprint density at radius 2 is 1.77 bits per heavy atom. The molecule has 1 aromatic carbocycles. The van der Waals surface area contributed by atoms with E-state index in [1.807, 2.05) is 13.0 Å². The molecule has 2 aromatic rings. The van der Waals surface area contributed by atoms with Crippen molar-refractivity contribution in [2.45, 2.75) is 30.7 Å². The summed E-state index contributed by atoms with van der Waals surface area (Å²) >= 11 is 0. The van der Waals surface area contributed by atoms with Gasteiger partial charge in [-0.3, -0.25) is 4.79 Å². The molecule has 1 fully saturated rings. The lowest BCUT2D eigenvalue weighted by atomic mass is 10.1. The second kappa shape index (κ2) is 7.45. The van der Waals surface area contributed by atoms with Gasteiger partial charge in [-0.05, 0) is 49.6 Å². The first-order chi connectivity index (χ1) is 12.3. The Balaban J connectivity index is 1.65. The van der Waals surface area contributed by atoms with Gasteiger partial charge in [-0.2, -0.15) is 0 Å². The molecule has 0 spiro atoms. The minimum absolute atomic E-state index is 0.204. The first kappa shape index (κ1) is 18.4. The van der Waals surface area contributed by atoms with Crippen LogP contribution in [0.1, 0.15) is 41.7 Å². The number of nitrogens with one attached hydrogen (secondary N) is 1. The summed E-state index contributed by atoms with van der Waals surface area (Å²) in [4.78, 5) is 19.3. The molecule has 1 aromatic heterocycles. The highest BCUT2D eigenvalue weighted by Crippen LogP contribution is 2.19. The van der Waals surface area contributed by atoms with E-state index >= 15 is 0 Å². The SMILES string of the molecule is C[C@H](NC(=O)c1ccc(N2CCCC2)nc1)c1ccc(S(C)(=O)=O)cc1. The molecule has 0 bridgehead atoms. The van der Waals surface area contributed by atoms with Crippen molar-refractivity contribution in [3.63, 3.8) is 0 Å². The summed E-state index contributed by atoms with van der Waals surface area (Å²) in [5.41, 5.74) is 1.35. The minimum Gasteiger partial charge on any atom is -0.357 e. The van der Waals surface area contributed by atoms with E-state index in [1.54, 1.807) is 36.5 Å². The molecular formula is C19H23N3O3S. The van der Waals surface area contributed by atoms with Crippen molar-refractivity contribution in [1.82, 2.24) is 10.3 Å². The number of carbonyl (C=O) groups is 1. The van der Waals surface area contributed by atoms with Gasteiger partial charge >= 0.3 is 0 Å². The molecule has 1 N–H and O–H groups in total. The zero-order valence-corrected chi connectivity index (χ0v) is 15.8. The number of anilines is 1. The standard InChI is InChI=1S/C19H23N3O3S/c1-14(15-5-8-17(9-6-15)26(2,24)25)21-19(23)16-7-10-18(20-13-16)22-11-3-4-12-22/h5-10,13-14H,3-4,11-12H2,1-2H3,(H,21,23)/t14-/m0/s1. The number of benzene rings is 1. The fourth-order valence-corrected chi connectivity index (χ4v) is 3.65. The van der Waals surface area contributed by atoms with Crippen LogP contribution in [-0.4, -0.2) is 38.7 Å². The number of sulfone groups is 1. The molecule has 138 valence electrons. The molecule has 0 saturated carbocycles. The van der Waals surface area contributed by atoms with Gasteiger partial charge in [0, 0.05) is 25.5 Å². The van der Waals surface area contributed by atoms with Crippen LogP contribution in [0.2, 0.25) is 0 Å². The summed E-state index contributed by atoms with van der Waals surface area (Å²) in [5, 5.41) is 2.92. The zero-order chi connectivity index (χ0) is 18.7. The third kappa shape index (κ3) is 4.22. The van der Waals surface area contributed by atoms with Gasteiger partial charge in [0.15, 0.2) is 9.84 Å². The highest BCUT2D eigenvalue weighted by atomic mass is 32.2. The van der Waals surface area contributed by atoms with Crippen LogP contribution in [0.4, 0.5) is 5.82 Å². The minimum atomic E-state index is -3.22. The van der Waals surface area contributed by atoms with Crippen molar-refractivity contribution in [2.75, 3.05) is 24.2 Å². The smallest absolute Gasteiger partial charge is 0.253 e. The van der Waals surface area contributed by atoms with Crippen molar-refractivity contribution in [3.05, 3.63) is 53.7 Å². The summed E-state index contributed by atoms with van der Waals surface area (Å²) in [6.07, 6.45) is 5.13. The van der Waals surface area contributed by atoms with Crippen LogP contribution >= 0.6 is 0 Å². The highest BCUT2D eigenvalue weighted by Gasteiger charge is 2.16. The normalized spacial score (nSPS) is 15.7. The van der Waals surface area contributed by atoms with Gasteiger partial charge in [-0.25, -0.2) is 13.4 Å². The molecular weight excluding hydrogens is 350 g/mol. The summed E-state index contributed by atoms with van der Waals surface area (Å²) in [7, 11) is -3.22. The van der Waals surface area contributed by atoms with E-state index in [0.717, 1.165) is 24.5 Å². The van der Waals surface area contributed by atoms with Gasteiger partial charge in [0.1, 0.15) is 5.82 Å². The highest BCUT2D eigenvalue weighted by molar-refractivity contribution is 7.90. The Kier molecular flexibility index (Phi) is 5.27. The van der Waals surface area contributed by atoms with Gasteiger partial charge in [-0.15, -0.1) is 0 Å². The Bertz CT molecular complexity index is 871. The third-order valence-corrected chi connectivity index (χ3v) is 5.72. The maximum Gasteiger partial charge on any atom is 0.253 e. The molecule has 0 unspecified atom stereocenters. The van der Waals surface area contributed by atoms with Crippen LogP contribution in [0.3, 0.4) is 0 Å². The topological polar surface area (TPSA) is 79.4 Å². The zero-order valence-electron chi connectivity index (χ0n) is 15.0. The fraction of sp³-hybridized carbons (Fsp3) is 0.368. The molecule has 3 rings (SSSR count). The van der Waals surface area contributed by atoms with Crippen LogP contribution < -0.4 is 10.2 Å². The van der Waals surface area contributed by atoms with E-state index in [1.165, 1.54) is 19.1 Å². The predicted octanol–water partition coefficient (Wildman–Crippen LogP) is 2.58. The molecule has 0 radical (unpaired) electrons. The summed E-state index contributed by atoms with van der Waals surface area (Å²) in [6, 6.07) is 9.97. The quantitative estimate of drug-likeness (QED) is 0.871. The predicted molar refractivity (Wildman–Crippen MR) is 101 cm³/mol. The monoisotopic (exact) mass is 373 g/mol. The first-order valence-electron chi connectivity index (χ1n) is 8.66. The number of hydrogen-bond donors (Lipinski definition) is 1. The largest absolute Gasteiger partial charge is 0.357 e. The number of hydrogen-bond acceptors (Lipinski definition) is 5. The maximum absolute atomic E-state index is 12.4. The third-order valence-electron chi connectivity index (χ3n) is 4.60. The van der Waals surface area contributed by atoms with Gasteiger partial charge in [0.05, 0.1) is 16.5 Å². The molecule has 1 amide bonds. The lowest BCUT2D eigenvalue weighted by Crippen LogP contribution is -2.27. The van der Waals surface area contributed by atoms with Crippen LogP contribution in [0.15, 0.2) is 47.5 Å². The number of aromatic nitrogens is 1. The van der Waals surface area contributed by atoms with Crippen molar-refractivity contribution in [3.8, 4) is 0 Å². The number of carbonyl (C=O) groups excluding carboxylic acids is 1. The molecule has 1 aliphatic heterocycles. The Hall–Kier alpha value is -2.41. The molecule has 6 nitrogen and oxygen atoms in total. The van der Waals surface area contributed by atoms with E-state index in [4.69, 9.17) is 0 Å². The first-order valence-corrected chi connectivity index (χ1v) is 10.6. The van der Waals surface area contributed by atoms with Crippen LogP contribution in [0, 0.1) is 0 Å². The molecule has 1 saturated heterocycles. The Labute approximate surface area is 154 Å². The number of rotatable bonds is 5. The van der Waals surface area contributed by atoms with Gasteiger partial charge in [0.25, 0.3) is 5.91 Å². The van der Waals surface area contributed by atoms with Gasteiger partial charge < -0.3 is 10.2 Å². The summed E-state index contributed by atoms with van der Waals surface area (Å²) in [6.45, 7) is 3.89. The molecule has 1 atom stereocenters. The van der Waals surface area contributed by atoms with E-state index < -0.39 is 9.84 Å². The van der Waals surface area contributed by atoms with Crippen LogP contribution in [0.5, 0.6) is 0 Å². The van der Waals surface area contributed by atoms with E-state index in [-0.39, 0.29) is 16.8 Å². The van der Waals surface area contributed by atoms with Crippen LogP contribution in [-0.2, 0) is 9.84 Å². The van der Waals surface area contributed by atoms with Crippen molar-refractivity contribution in [2.24, 2.45) is 0 Å². The number of pyridine rings is 1. The fourth-order valence-electron chi connectivity index (χ4n) is 3.02. The van der Waals surface area contributed by atoms with Crippen LogP contribution in [0.25, 0.3) is 0 Å². The van der Waals surface area contributed by atoms with Crippen molar-refractivity contribution >= 4 is 21.6 Å². The van der Waals surface area contributed by atoms with E-state index in [9.17, 15) is 13.2 Å². The molecule has 7 heteroatoms. The number of amides is 1. The second-order valence-electron chi connectivity index (χ2n) is 6.64. The van der Waals surface area contributed by atoms with E-state index in [0.29, 0.717) is 5.56 Å². The average Bonchev–Trinajstić information content (AvgIpc) is 3.16. The molecule has 2 heterocycles. The number of nitrogens with zero attached hydrogens (tertiary/aromatic N) is 2. The van der Waals surface area contributed by atoms with Gasteiger partial charge in [0.2, 0.25) is 0 Å². The molecule has 1 aliphatic rings. The maximum atomic E-state index is 12.4. The lowest BCUT2D eigenvalue weighted by molar-refractivity contribution is 0.0939. The molecule has 26 heavy (non-hydrogen) atoms. The summed E-state index contributed by atoms with van der Waals surface area (Å²) in [5.74, 6) is 0.702. The Morgan fingerprint density at radius 3 is 2.31 bits per heavy atom. The average molecular weight is 373 g/mol. The Morgan fingerprint density at radius 1 is 1.12 bits per heavy atom.